The van der Waals surface area contributed by atoms with Crippen molar-refractivity contribution in [2.24, 2.45) is 0 Å². The van der Waals surface area contributed by atoms with Crippen LogP contribution in [0.1, 0.15) is 0 Å². The van der Waals surface area contributed by atoms with Gasteiger partial charge in [0.05, 0.1) is 19.8 Å². The average Bonchev–Trinajstić information content (AvgIpc) is 2.38. The van der Waals surface area contributed by atoms with Gasteiger partial charge in [0.25, 0.3) is 0 Å². The summed E-state index contributed by atoms with van der Waals surface area (Å²) in [5.41, 5.74) is 0.343. The van der Waals surface area contributed by atoms with Crippen LogP contribution in [-0.4, -0.2) is 54.2 Å². The Morgan fingerprint density at radius 1 is 1.50 bits per heavy atom. The number of halogens is 1. The molecule has 6 nitrogen and oxygen atoms in total. The second kappa shape index (κ2) is 6.44. The van der Waals surface area contributed by atoms with Gasteiger partial charge < -0.3 is 15.2 Å². The average molecular weight is 282 g/mol. The number of nitrogens with zero attached hydrogens (tertiary/aromatic N) is 1. The van der Waals surface area contributed by atoms with E-state index >= 15 is 0 Å². The summed E-state index contributed by atoms with van der Waals surface area (Å²) in [5.74, 6) is -1.86. The van der Waals surface area contributed by atoms with Crippen LogP contribution in [0, 0.1) is 5.82 Å². The van der Waals surface area contributed by atoms with Crippen molar-refractivity contribution in [1.82, 2.24) is 4.90 Å². The molecule has 1 heterocycles. The van der Waals surface area contributed by atoms with Crippen molar-refractivity contribution in [3.05, 3.63) is 30.1 Å². The minimum atomic E-state index is -1.02. The summed E-state index contributed by atoms with van der Waals surface area (Å²) in [6.45, 7) is 0.740. The molecular formula is C13H15FN2O4. The zero-order chi connectivity index (χ0) is 14.5. The molecule has 0 bridgehead atoms. The molecule has 1 atom stereocenters. The van der Waals surface area contributed by atoms with E-state index in [1.165, 1.54) is 23.1 Å². The van der Waals surface area contributed by atoms with Crippen LogP contribution in [0.2, 0.25) is 0 Å². The Morgan fingerprint density at radius 3 is 3.00 bits per heavy atom. The van der Waals surface area contributed by atoms with E-state index in [1.807, 2.05) is 0 Å². The quantitative estimate of drug-likeness (QED) is 0.843. The zero-order valence-electron chi connectivity index (χ0n) is 10.7. The first-order chi connectivity index (χ1) is 9.56. The third-order valence-corrected chi connectivity index (χ3v) is 2.98. The number of carboxylic acids is 1. The fourth-order valence-corrected chi connectivity index (χ4v) is 2.01. The van der Waals surface area contributed by atoms with Crippen LogP contribution < -0.4 is 5.32 Å². The summed E-state index contributed by atoms with van der Waals surface area (Å²) in [5, 5.41) is 11.6. The molecule has 108 valence electrons. The molecular weight excluding hydrogens is 267 g/mol. The standard InChI is InChI=1S/C13H15FN2O4/c14-9-2-1-3-10(6-9)15-12(17)7-16-4-5-20-8-11(16)13(18)19/h1-3,6,11H,4-5,7-8H2,(H,15,17)(H,18,19). The molecule has 0 spiro atoms. The normalized spacial score (nSPS) is 19.6. The summed E-state index contributed by atoms with van der Waals surface area (Å²) < 4.78 is 18.1. The molecule has 0 aromatic heterocycles. The van der Waals surface area contributed by atoms with Crippen molar-refractivity contribution < 1.29 is 23.8 Å². The number of carboxylic acid groups (broad SMARTS) is 1. The van der Waals surface area contributed by atoms with Gasteiger partial charge in [0.15, 0.2) is 0 Å². The van der Waals surface area contributed by atoms with Gasteiger partial charge >= 0.3 is 5.97 Å². The summed E-state index contributed by atoms with van der Waals surface area (Å²) in [7, 11) is 0. The maximum Gasteiger partial charge on any atom is 0.323 e. The number of ether oxygens (including phenoxy) is 1. The van der Waals surface area contributed by atoms with E-state index in [0.29, 0.717) is 18.8 Å². The number of nitrogens with one attached hydrogen (secondary N) is 1. The Balaban J connectivity index is 1.94. The Bertz CT molecular complexity index is 509. The number of amides is 1. The maximum absolute atomic E-state index is 13.0. The van der Waals surface area contributed by atoms with E-state index in [-0.39, 0.29) is 19.1 Å². The molecule has 1 unspecified atom stereocenters. The SMILES string of the molecule is O=C(CN1CCOCC1C(=O)O)Nc1cccc(F)c1. The van der Waals surface area contributed by atoms with Gasteiger partial charge in [-0.15, -0.1) is 0 Å². The fourth-order valence-electron chi connectivity index (χ4n) is 2.01. The highest BCUT2D eigenvalue weighted by Gasteiger charge is 2.30. The van der Waals surface area contributed by atoms with Crippen molar-refractivity contribution >= 4 is 17.6 Å². The molecule has 1 saturated heterocycles. The van der Waals surface area contributed by atoms with Gasteiger partial charge in [-0.1, -0.05) is 6.07 Å². The van der Waals surface area contributed by atoms with Crippen LogP contribution >= 0.6 is 0 Å². The van der Waals surface area contributed by atoms with Crippen LogP contribution in [0.15, 0.2) is 24.3 Å². The number of anilines is 1. The minimum Gasteiger partial charge on any atom is -0.480 e. The van der Waals surface area contributed by atoms with Crippen molar-refractivity contribution in [2.75, 3.05) is 31.6 Å². The van der Waals surface area contributed by atoms with Crippen LogP contribution in [-0.2, 0) is 14.3 Å². The largest absolute Gasteiger partial charge is 0.480 e. The fraction of sp³-hybridized carbons (Fsp3) is 0.385. The lowest BCUT2D eigenvalue weighted by atomic mass is 10.2. The molecule has 1 aromatic rings. The number of aliphatic carboxylic acids is 1. The molecule has 7 heteroatoms. The summed E-state index contributed by atoms with van der Waals surface area (Å²) in [6.07, 6.45) is 0. The van der Waals surface area contributed by atoms with E-state index in [2.05, 4.69) is 5.32 Å². The lowest BCUT2D eigenvalue weighted by Gasteiger charge is -2.32. The van der Waals surface area contributed by atoms with E-state index in [4.69, 9.17) is 9.84 Å². The number of hydrogen-bond donors (Lipinski definition) is 2. The Labute approximate surface area is 115 Å². The highest BCUT2D eigenvalue weighted by Crippen LogP contribution is 2.11. The van der Waals surface area contributed by atoms with Gasteiger partial charge in [-0.2, -0.15) is 0 Å². The van der Waals surface area contributed by atoms with Gasteiger partial charge in [0.1, 0.15) is 11.9 Å². The Kier molecular flexibility index (Phi) is 4.65. The van der Waals surface area contributed by atoms with Gasteiger partial charge in [-0.3, -0.25) is 14.5 Å². The van der Waals surface area contributed by atoms with Crippen molar-refractivity contribution in [1.29, 1.82) is 0 Å². The Morgan fingerprint density at radius 2 is 2.30 bits per heavy atom. The number of benzene rings is 1. The first-order valence-corrected chi connectivity index (χ1v) is 6.16. The molecule has 20 heavy (non-hydrogen) atoms. The number of morpholine rings is 1. The van der Waals surface area contributed by atoms with E-state index in [0.717, 1.165) is 0 Å². The second-order valence-corrected chi connectivity index (χ2v) is 4.46. The summed E-state index contributed by atoms with van der Waals surface area (Å²) >= 11 is 0. The van der Waals surface area contributed by atoms with E-state index in [9.17, 15) is 14.0 Å². The molecule has 1 aliphatic rings. The third-order valence-electron chi connectivity index (χ3n) is 2.98. The lowest BCUT2D eigenvalue weighted by Crippen LogP contribution is -2.52. The highest BCUT2D eigenvalue weighted by molar-refractivity contribution is 5.92. The first-order valence-electron chi connectivity index (χ1n) is 6.16. The van der Waals surface area contributed by atoms with Crippen LogP contribution in [0.25, 0.3) is 0 Å². The highest BCUT2D eigenvalue weighted by atomic mass is 19.1. The van der Waals surface area contributed by atoms with Gasteiger partial charge in [-0.05, 0) is 18.2 Å². The number of rotatable bonds is 4. The molecule has 0 saturated carbocycles. The Hall–Kier alpha value is -1.99. The third kappa shape index (κ3) is 3.75. The van der Waals surface area contributed by atoms with Crippen molar-refractivity contribution in [3.8, 4) is 0 Å². The molecule has 1 amide bonds. The zero-order valence-corrected chi connectivity index (χ0v) is 10.7. The van der Waals surface area contributed by atoms with Crippen LogP contribution in [0.4, 0.5) is 10.1 Å². The molecule has 1 fully saturated rings. The van der Waals surface area contributed by atoms with Gasteiger partial charge in [0, 0.05) is 12.2 Å². The van der Waals surface area contributed by atoms with E-state index < -0.39 is 17.8 Å². The summed E-state index contributed by atoms with van der Waals surface area (Å²) in [6, 6.07) is 4.70. The smallest absolute Gasteiger partial charge is 0.323 e. The van der Waals surface area contributed by atoms with Crippen LogP contribution in [0.3, 0.4) is 0 Å². The van der Waals surface area contributed by atoms with Crippen LogP contribution in [0.5, 0.6) is 0 Å². The molecule has 2 N–H and O–H groups in total. The van der Waals surface area contributed by atoms with Crippen molar-refractivity contribution in [3.63, 3.8) is 0 Å². The molecule has 0 aliphatic carbocycles. The van der Waals surface area contributed by atoms with E-state index in [1.54, 1.807) is 6.07 Å². The maximum atomic E-state index is 13.0. The lowest BCUT2D eigenvalue weighted by molar-refractivity contribution is -0.150. The molecule has 1 aromatic carbocycles. The van der Waals surface area contributed by atoms with Gasteiger partial charge in [0.2, 0.25) is 5.91 Å². The number of hydrogen-bond acceptors (Lipinski definition) is 4. The van der Waals surface area contributed by atoms with Crippen molar-refractivity contribution in [2.45, 2.75) is 6.04 Å². The monoisotopic (exact) mass is 282 g/mol. The number of carbonyl (C=O) groups excluding carboxylic acids is 1. The predicted molar refractivity (Wildman–Crippen MR) is 68.8 cm³/mol. The minimum absolute atomic E-state index is 0.0581. The second-order valence-electron chi connectivity index (χ2n) is 4.46. The topological polar surface area (TPSA) is 78.9 Å². The molecule has 1 aliphatic heterocycles. The molecule has 0 radical (unpaired) electrons. The summed E-state index contributed by atoms with van der Waals surface area (Å²) in [4.78, 5) is 24.4. The molecule has 2 rings (SSSR count). The number of carbonyl (C=O) groups is 2. The predicted octanol–water partition coefficient (Wildman–Crippen LogP) is 0.550. The first kappa shape index (κ1) is 14.4. The van der Waals surface area contributed by atoms with Gasteiger partial charge in [-0.25, -0.2) is 4.39 Å².